The van der Waals surface area contributed by atoms with Crippen molar-refractivity contribution < 1.29 is 4.74 Å². The van der Waals surface area contributed by atoms with Crippen molar-refractivity contribution in [2.24, 2.45) is 0 Å². The first-order valence-corrected chi connectivity index (χ1v) is 6.90. The molecular weight excluding hydrogens is 244 g/mol. The Hall–Kier alpha value is -2.04. The van der Waals surface area contributed by atoms with Crippen LogP contribution in [0.15, 0.2) is 60.7 Å². The van der Waals surface area contributed by atoms with E-state index in [2.05, 4.69) is 31.1 Å². The van der Waals surface area contributed by atoms with Crippen LogP contribution in [0.1, 0.15) is 25.0 Å². The van der Waals surface area contributed by atoms with Crippen molar-refractivity contribution in [1.29, 1.82) is 0 Å². The fourth-order valence-corrected chi connectivity index (χ4v) is 2.37. The molecule has 1 aliphatic rings. The van der Waals surface area contributed by atoms with Crippen molar-refractivity contribution in [1.82, 2.24) is 0 Å². The van der Waals surface area contributed by atoms with E-state index in [-0.39, 0.29) is 12.2 Å². The first kappa shape index (κ1) is 14.4. The minimum absolute atomic E-state index is 0.0313. The van der Waals surface area contributed by atoms with Gasteiger partial charge in [0.2, 0.25) is 0 Å². The van der Waals surface area contributed by atoms with Gasteiger partial charge in [0.15, 0.2) is 0 Å². The summed E-state index contributed by atoms with van der Waals surface area (Å²) in [6.07, 6.45) is 4.56. The van der Waals surface area contributed by atoms with Gasteiger partial charge in [-0.1, -0.05) is 55.3 Å². The Morgan fingerprint density at radius 1 is 1.20 bits per heavy atom. The number of rotatable bonds is 4. The van der Waals surface area contributed by atoms with E-state index in [0.29, 0.717) is 0 Å². The van der Waals surface area contributed by atoms with Gasteiger partial charge in [-0.05, 0) is 31.1 Å². The second kappa shape index (κ2) is 6.41. The molecule has 2 rings (SSSR count). The number of ether oxygens (including phenoxy) is 1. The van der Waals surface area contributed by atoms with Crippen LogP contribution in [-0.2, 0) is 11.2 Å². The van der Waals surface area contributed by atoms with Gasteiger partial charge in [-0.2, -0.15) is 0 Å². The molecule has 0 radical (unpaired) electrons. The van der Waals surface area contributed by atoms with Crippen LogP contribution in [0.5, 0.6) is 0 Å². The maximum atomic E-state index is 6.07. The minimum atomic E-state index is -0.0313. The molecule has 1 aliphatic carbocycles. The number of hydrogen-bond donors (Lipinski definition) is 0. The fraction of sp³-hybridized carbons (Fsp3) is 0.263. The Kier molecular flexibility index (Phi) is 4.61. The molecule has 0 aliphatic heterocycles. The molecule has 20 heavy (non-hydrogen) atoms. The predicted octanol–water partition coefficient (Wildman–Crippen LogP) is 4.06. The summed E-state index contributed by atoms with van der Waals surface area (Å²) in [5.74, 6) is 6.41. The summed E-state index contributed by atoms with van der Waals surface area (Å²) in [5.41, 5.74) is 4.20. The highest BCUT2D eigenvalue weighted by Crippen LogP contribution is 2.23. The Balaban J connectivity index is 2.55. The Morgan fingerprint density at radius 2 is 1.95 bits per heavy atom. The number of allylic oxidation sites excluding steroid dienone is 2. The van der Waals surface area contributed by atoms with Crippen molar-refractivity contribution >= 4 is 0 Å². The van der Waals surface area contributed by atoms with E-state index in [9.17, 15) is 0 Å². The van der Waals surface area contributed by atoms with Crippen LogP contribution in [0.25, 0.3) is 0 Å². The molecule has 0 aromatic heterocycles. The maximum Gasteiger partial charge on any atom is 0.0880 e. The zero-order valence-corrected chi connectivity index (χ0v) is 12.1. The highest BCUT2D eigenvalue weighted by Gasteiger charge is 2.20. The van der Waals surface area contributed by atoms with Crippen molar-refractivity contribution in [3.8, 4) is 11.8 Å². The van der Waals surface area contributed by atoms with Gasteiger partial charge in [-0.25, -0.2) is 0 Å². The van der Waals surface area contributed by atoms with Crippen molar-refractivity contribution in [2.75, 3.05) is 0 Å². The molecule has 0 saturated carbocycles. The van der Waals surface area contributed by atoms with Crippen molar-refractivity contribution in [3.05, 3.63) is 71.8 Å². The molecule has 1 nitrogen and oxygen atoms in total. The van der Waals surface area contributed by atoms with Crippen LogP contribution in [0.3, 0.4) is 0 Å². The summed E-state index contributed by atoms with van der Waals surface area (Å²) in [6, 6.07) is 8.22. The highest BCUT2D eigenvalue weighted by molar-refractivity contribution is 5.54. The molecule has 0 amide bonds. The van der Waals surface area contributed by atoms with Crippen molar-refractivity contribution in [2.45, 2.75) is 32.5 Å². The van der Waals surface area contributed by atoms with Crippen LogP contribution < -0.4 is 0 Å². The van der Waals surface area contributed by atoms with Gasteiger partial charge in [0.05, 0.1) is 12.2 Å². The SMILES string of the molecule is C=C/C1=C(\C=C)C(OC(C)C)Cc2ccccc2C#C1. The molecule has 1 unspecified atom stereocenters. The van der Waals surface area contributed by atoms with Gasteiger partial charge >= 0.3 is 0 Å². The number of hydrogen-bond acceptors (Lipinski definition) is 1. The standard InChI is InChI=1S/C19H20O/c1-5-15-11-12-16-9-7-8-10-17(16)13-19(18(15)6-2)20-14(3)4/h5-10,14,19H,1-2,13H2,3-4H3/b18-15-. The van der Waals surface area contributed by atoms with Crippen LogP contribution in [-0.4, -0.2) is 12.2 Å². The third-order valence-corrected chi connectivity index (χ3v) is 3.27. The topological polar surface area (TPSA) is 9.23 Å². The molecular formula is C19H20O. The molecule has 0 heterocycles. The first-order chi connectivity index (χ1) is 9.65. The molecule has 1 aromatic rings. The number of benzene rings is 1. The lowest BCUT2D eigenvalue weighted by molar-refractivity contribution is 0.0310. The molecule has 0 spiro atoms. The summed E-state index contributed by atoms with van der Waals surface area (Å²) in [6.45, 7) is 11.9. The molecule has 0 bridgehead atoms. The average Bonchev–Trinajstić information content (AvgIpc) is 2.41. The van der Waals surface area contributed by atoms with E-state index >= 15 is 0 Å². The summed E-state index contributed by atoms with van der Waals surface area (Å²) < 4.78 is 6.07. The van der Waals surface area contributed by atoms with E-state index < -0.39 is 0 Å². The Morgan fingerprint density at radius 3 is 2.60 bits per heavy atom. The minimum Gasteiger partial charge on any atom is -0.370 e. The predicted molar refractivity (Wildman–Crippen MR) is 84.5 cm³/mol. The highest BCUT2D eigenvalue weighted by atomic mass is 16.5. The average molecular weight is 264 g/mol. The van der Waals surface area contributed by atoms with Crippen LogP contribution in [0.2, 0.25) is 0 Å². The lowest BCUT2D eigenvalue weighted by atomic mass is 9.92. The van der Waals surface area contributed by atoms with Gasteiger partial charge < -0.3 is 4.74 Å². The van der Waals surface area contributed by atoms with Gasteiger partial charge in [0.1, 0.15) is 0 Å². The second-order valence-electron chi connectivity index (χ2n) is 5.06. The summed E-state index contributed by atoms with van der Waals surface area (Å²) >= 11 is 0. The molecule has 1 aromatic carbocycles. The summed E-state index contributed by atoms with van der Waals surface area (Å²) in [7, 11) is 0. The smallest absolute Gasteiger partial charge is 0.0880 e. The largest absolute Gasteiger partial charge is 0.370 e. The van der Waals surface area contributed by atoms with Gasteiger partial charge in [0, 0.05) is 17.6 Å². The van der Waals surface area contributed by atoms with Gasteiger partial charge in [-0.15, -0.1) is 0 Å². The fourth-order valence-electron chi connectivity index (χ4n) is 2.37. The lowest BCUT2D eigenvalue weighted by Crippen LogP contribution is -2.24. The third kappa shape index (κ3) is 3.10. The normalized spacial score (nSPS) is 21.2. The molecule has 1 atom stereocenters. The molecule has 0 N–H and O–H groups in total. The third-order valence-electron chi connectivity index (χ3n) is 3.27. The maximum absolute atomic E-state index is 6.07. The zero-order chi connectivity index (χ0) is 14.5. The van der Waals surface area contributed by atoms with Crippen molar-refractivity contribution in [3.63, 3.8) is 0 Å². The van der Waals surface area contributed by atoms with Gasteiger partial charge in [-0.3, -0.25) is 0 Å². The zero-order valence-electron chi connectivity index (χ0n) is 12.1. The van der Waals surface area contributed by atoms with E-state index in [4.69, 9.17) is 4.74 Å². The lowest BCUT2D eigenvalue weighted by Gasteiger charge is -2.24. The van der Waals surface area contributed by atoms with Crippen LogP contribution >= 0.6 is 0 Å². The van der Waals surface area contributed by atoms with E-state index in [1.807, 2.05) is 38.1 Å². The molecule has 0 fully saturated rings. The van der Waals surface area contributed by atoms with Crippen LogP contribution in [0.4, 0.5) is 0 Å². The molecule has 0 saturated heterocycles. The Bertz CT molecular complexity index is 608. The van der Waals surface area contributed by atoms with E-state index in [0.717, 1.165) is 23.1 Å². The number of fused-ring (bicyclic) bond motifs is 1. The summed E-state index contributed by atoms with van der Waals surface area (Å²) in [4.78, 5) is 0. The first-order valence-electron chi connectivity index (χ1n) is 6.90. The van der Waals surface area contributed by atoms with E-state index in [1.165, 1.54) is 5.56 Å². The second-order valence-corrected chi connectivity index (χ2v) is 5.06. The van der Waals surface area contributed by atoms with Gasteiger partial charge in [0.25, 0.3) is 0 Å². The molecule has 102 valence electrons. The van der Waals surface area contributed by atoms with Crippen LogP contribution in [0, 0.1) is 11.8 Å². The quantitative estimate of drug-likeness (QED) is 0.745. The van der Waals surface area contributed by atoms with E-state index in [1.54, 1.807) is 6.08 Å². The molecule has 1 heteroatoms. The summed E-state index contributed by atoms with van der Waals surface area (Å²) in [5, 5.41) is 0. The monoisotopic (exact) mass is 264 g/mol. The Labute approximate surface area is 121 Å².